The number of amides is 2. The van der Waals surface area contributed by atoms with Gasteiger partial charge in [-0.1, -0.05) is 6.92 Å². The van der Waals surface area contributed by atoms with Gasteiger partial charge in [0.1, 0.15) is 6.04 Å². The molecule has 1 heterocycles. The van der Waals surface area contributed by atoms with E-state index in [-0.39, 0.29) is 24.2 Å². The Hall–Kier alpha value is -1.59. The Labute approximate surface area is 99.8 Å². The monoisotopic (exact) mass is 242 g/mol. The average molecular weight is 242 g/mol. The first-order valence-corrected chi connectivity index (χ1v) is 5.78. The molecule has 0 aliphatic carbocycles. The maximum atomic E-state index is 11.6. The minimum absolute atomic E-state index is 0.0934. The molecule has 0 aromatic carbocycles. The van der Waals surface area contributed by atoms with E-state index in [1.165, 1.54) is 0 Å². The van der Waals surface area contributed by atoms with Crippen LogP contribution in [0.4, 0.5) is 0 Å². The molecule has 1 saturated heterocycles. The van der Waals surface area contributed by atoms with E-state index in [0.29, 0.717) is 25.8 Å². The lowest BCUT2D eigenvalue weighted by atomic mass is 10.1. The fourth-order valence-corrected chi connectivity index (χ4v) is 1.68. The molecular weight excluding hydrogens is 224 g/mol. The van der Waals surface area contributed by atoms with Crippen molar-refractivity contribution in [2.45, 2.75) is 38.6 Å². The standard InChI is InChI=1S/C11H18N2O4/c1-7(2-5-10(15)16)6-12-11(17)8-3-4-9(14)13-8/h7-8H,2-6H2,1H3,(H,12,17)(H,13,14)(H,15,16). The molecule has 0 spiro atoms. The highest BCUT2D eigenvalue weighted by Crippen LogP contribution is 2.07. The molecule has 0 aromatic rings. The van der Waals surface area contributed by atoms with Crippen LogP contribution in [0.1, 0.15) is 32.6 Å². The first-order chi connectivity index (χ1) is 7.99. The van der Waals surface area contributed by atoms with E-state index in [1.807, 2.05) is 6.92 Å². The highest BCUT2D eigenvalue weighted by molar-refractivity contribution is 5.90. The number of carboxylic acid groups (broad SMARTS) is 1. The molecule has 1 aliphatic heterocycles. The smallest absolute Gasteiger partial charge is 0.303 e. The van der Waals surface area contributed by atoms with E-state index in [1.54, 1.807) is 0 Å². The van der Waals surface area contributed by atoms with Gasteiger partial charge in [0.15, 0.2) is 0 Å². The first kappa shape index (κ1) is 13.5. The Kier molecular flexibility index (Phi) is 4.93. The maximum Gasteiger partial charge on any atom is 0.303 e. The van der Waals surface area contributed by atoms with Crippen LogP contribution in [-0.2, 0) is 14.4 Å². The van der Waals surface area contributed by atoms with Crippen LogP contribution >= 0.6 is 0 Å². The Morgan fingerprint density at radius 3 is 2.82 bits per heavy atom. The van der Waals surface area contributed by atoms with Gasteiger partial charge in [-0.3, -0.25) is 14.4 Å². The predicted octanol–water partition coefficient (Wildman–Crippen LogP) is -0.118. The van der Waals surface area contributed by atoms with Crippen LogP contribution in [0.25, 0.3) is 0 Å². The summed E-state index contributed by atoms with van der Waals surface area (Å²) in [4.78, 5) is 32.9. The lowest BCUT2D eigenvalue weighted by Gasteiger charge is -2.14. The molecule has 2 atom stereocenters. The number of nitrogens with one attached hydrogen (secondary N) is 2. The fraction of sp³-hybridized carbons (Fsp3) is 0.727. The first-order valence-electron chi connectivity index (χ1n) is 5.78. The van der Waals surface area contributed by atoms with Crippen molar-refractivity contribution < 1.29 is 19.5 Å². The molecular formula is C11H18N2O4. The van der Waals surface area contributed by atoms with Gasteiger partial charge in [-0.2, -0.15) is 0 Å². The van der Waals surface area contributed by atoms with Crippen molar-refractivity contribution in [1.29, 1.82) is 0 Å². The normalized spacial score (nSPS) is 20.8. The third kappa shape index (κ3) is 4.84. The summed E-state index contributed by atoms with van der Waals surface area (Å²) in [6.45, 7) is 2.33. The van der Waals surface area contributed by atoms with Gasteiger partial charge >= 0.3 is 5.97 Å². The average Bonchev–Trinajstić information content (AvgIpc) is 2.70. The van der Waals surface area contributed by atoms with Crippen LogP contribution < -0.4 is 10.6 Å². The van der Waals surface area contributed by atoms with Gasteiger partial charge < -0.3 is 15.7 Å². The van der Waals surface area contributed by atoms with Crippen molar-refractivity contribution in [1.82, 2.24) is 10.6 Å². The third-order valence-corrected chi connectivity index (χ3v) is 2.79. The second kappa shape index (κ2) is 6.22. The molecule has 6 heteroatoms. The van der Waals surface area contributed by atoms with Crippen LogP contribution in [-0.4, -0.2) is 35.5 Å². The Bertz CT molecular complexity index is 317. The molecule has 1 aliphatic rings. The van der Waals surface area contributed by atoms with Crippen LogP contribution in [0.15, 0.2) is 0 Å². The van der Waals surface area contributed by atoms with E-state index in [2.05, 4.69) is 10.6 Å². The Morgan fingerprint density at radius 1 is 1.59 bits per heavy atom. The molecule has 17 heavy (non-hydrogen) atoms. The van der Waals surface area contributed by atoms with E-state index in [0.717, 1.165) is 0 Å². The summed E-state index contributed by atoms with van der Waals surface area (Å²) < 4.78 is 0. The zero-order valence-electron chi connectivity index (χ0n) is 9.86. The van der Waals surface area contributed by atoms with E-state index in [4.69, 9.17) is 5.11 Å². The summed E-state index contributed by atoms with van der Waals surface area (Å²) in [6.07, 6.45) is 1.57. The lowest BCUT2D eigenvalue weighted by molar-refractivity contribution is -0.137. The Morgan fingerprint density at radius 2 is 2.29 bits per heavy atom. The molecule has 2 amide bonds. The van der Waals surface area contributed by atoms with Crippen LogP contribution in [0.5, 0.6) is 0 Å². The highest BCUT2D eigenvalue weighted by Gasteiger charge is 2.26. The molecule has 0 radical (unpaired) electrons. The van der Waals surface area contributed by atoms with Crippen molar-refractivity contribution in [2.24, 2.45) is 5.92 Å². The zero-order valence-corrected chi connectivity index (χ0v) is 9.86. The molecule has 6 nitrogen and oxygen atoms in total. The molecule has 2 unspecified atom stereocenters. The van der Waals surface area contributed by atoms with E-state index in [9.17, 15) is 14.4 Å². The van der Waals surface area contributed by atoms with Crippen molar-refractivity contribution in [3.05, 3.63) is 0 Å². The number of rotatable bonds is 6. The van der Waals surface area contributed by atoms with Gasteiger partial charge in [0, 0.05) is 19.4 Å². The largest absolute Gasteiger partial charge is 0.481 e. The van der Waals surface area contributed by atoms with Gasteiger partial charge in [0.05, 0.1) is 0 Å². The number of carbonyl (C=O) groups is 3. The van der Waals surface area contributed by atoms with Gasteiger partial charge in [0.2, 0.25) is 11.8 Å². The topological polar surface area (TPSA) is 95.5 Å². The van der Waals surface area contributed by atoms with Crippen LogP contribution in [0, 0.1) is 5.92 Å². The van der Waals surface area contributed by atoms with Gasteiger partial charge in [-0.05, 0) is 18.8 Å². The number of carbonyl (C=O) groups excluding carboxylic acids is 2. The molecule has 0 aromatic heterocycles. The van der Waals surface area contributed by atoms with Gasteiger partial charge in [-0.15, -0.1) is 0 Å². The third-order valence-electron chi connectivity index (χ3n) is 2.79. The van der Waals surface area contributed by atoms with Gasteiger partial charge in [0.25, 0.3) is 0 Å². The second-order valence-corrected chi connectivity index (χ2v) is 4.44. The van der Waals surface area contributed by atoms with Crippen molar-refractivity contribution in [2.75, 3.05) is 6.54 Å². The summed E-state index contributed by atoms with van der Waals surface area (Å²) in [5.74, 6) is -0.986. The highest BCUT2D eigenvalue weighted by atomic mass is 16.4. The molecule has 0 saturated carbocycles. The predicted molar refractivity (Wildman–Crippen MR) is 60.2 cm³/mol. The second-order valence-electron chi connectivity index (χ2n) is 4.44. The molecule has 0 bridgehead atoms. The molecule has 3 N–H and O–H groups in total. The van der Waals surface area contributed by atoms with Gasteiger partial charge in [-0.25, -0.2) is 0 Å². The Balaban J connectivity index is 2.19. The summed E-state index contributed by atoms with van der Waals surface area (Å²) in [5, 5.41) is 13.8. The van der Waals surface area contributed by atoms with E-state index >= 15 is 0 Å². The van der Waals surface area contributed by atoms with Crippen LogP contribution in [0.3, 0.4) is 0 Å². The molecule has 96 valence electrons. The number of hydrogen-bond donors (Lipinski definition) is 3. The summed E-state index contributed by atoms with van der Waals surface area (Å²) in [7, 11) is 0. The number of carboxylic acids is 1. The van der Waals surface area contributed by atoms with Crippen molar-refractivity contribution in [3.8, 4) is 0 Å². The molecule has 1 fully saturated rings. The zero-order chi connectivity index (χ0) is 12.8. The van der Waals surface area contributed by atoms with Crippen LogP contribution in [0.2, 0.25) is 0 Å². The fourth-order valence-electron chi connectivity index (χ4n) is 1.68. The summed E-state index contributed by atoms with van der Waals surface area (Å²) in [6, 6.07) is -0.422. The minimum atomic E-state index is -0.828. The quantitative estimate of drug-likeness (QED) is 0.605. The van der Waals surface area contributed by atoms with E-state index < -0.39 is 12.0 Å². The maximum absolute atomic E-state index is 11.6. The summed E-state index contributed by atoms with van der Waals surface area (Å²) in [5.41, 5.74) is 0. The lowest BCUT2D eigenvalue weighted by Crippen LogP contribution is -2.43. The molecule has 1 rings (SSSR count). The number of aliphatic carboxylic acids is 1. The van der Waals surface area contributed by atoms with Crippen molar-refractivity contribution in [3.63, 3.8) is 0 Å². The minimum Gasteiger partial charge on any atom is -0.481 e. The SMILES string of the molecule is CC(CCC(=O)O)CNC(=O)C1CCC(=O)N1. The summed E-state index contributed by atoms with van der Waals surface area (Å²) >= 11 is 0. The number of hydrogen-bond acceptors (Lipinski definition) is 3. The van der Waals surface area contributed by atoms with Crippen molar-refractivity contribution >= 4 is 17.8 Å².